The van der Waals surface area contributed by atoms with E-state index in [0.717, 1.165) is 5.56 Å². The number of nitrogens with one attached hydrogen (secondary N) is 1. The predicted octanol–water partition coefficient (Wildman–Crippen LogP) is 2.35. The molecule has 1 aromatic carbocycles. The second kappa shape index (κ2) is 7.63. The molecule has 0 aliphatic carbocycles. The molecule has 1 atom stereocenters. The van der Waals surface area contributed by atoms with Crippen LogP contribution in [0.15, 0.2) is 24.3 Å². The van der Waals surface area contributed by atoms with E-state index >= 15 is 0 Å². The Hall–Kier alpha value is -2.55. The van der Waals surface area contributed by atoms with Gasteiger partial charge in [0.25, 0.3) is 5.91 Å². The first-order chi connectivity index (χ1) is 10.6. The summed E-state index contributed by atoms with van der Waals surface area (Å²) in [6.07, 6.45) is -0.282. The molecule has 1 aromatic rings. The molecule has 1 unspecified atom stereocenters. The Morgan fingerprint density at radius 1 is 1.26 bits per heavy atom. The number of nitrogens with zero attached hydrogens (tertiary/aromatic N) is 2. The zero-order valence-corrected chi connectivity index (χ0v) is 14.2. The summed E-state index contributed by atoms with van der Waals surface area (Å²) in [6.45, 7) is 5.28. The molecule has 0 saturated carbocycles. The van der Waals surface area contributed by atoms with E-state index in [4.69, 9.17) is 10.00 Å². The van der Waals surface area contributed by atoms with Gasteiger partial charge in [-0.25, -0.2) is 4.79 Å². The van der Waals surface area contributed by atoms with Crippen molar-refractivity contribution in [2.75, 3.05) is 14.1 Å². The van der Waals surface area contributed by atoms with Gasteiger partial charge in [-0.3, -0.25) is 4.79 Å². The molecule has 23 heavy (non-hydrogen) atoms. The Balaban J connectivity index is 2.68. The van der Waals surface area contributed by atoms with Gasteiger partial charge in [-0.1, -0.05) is 12.1 Å². The minimum absolute atomic E-state index is 0.0831. The average Bonchev–Trinajstić information content (AvgIpc) is 2.44. The van der Waals surface area contributed by atoms with Crippen LogP contribution in [0.4, 0.5) is 4.79 Å². The number of nitriles is 1. The summed E-state index contributed by atoms with van der Waals surface area (Å²) < 4.78 is 5.13. The van der Waals surface area contributed by atoms with E-state index in [1.165, 1.54) is 4.90 Å². The second-order valence-electron chi connectivity index (χ2n) is 6.43. The number of hydrogen-bond donors (Lipinski definition) is 1. The number of carbonyl (C=O) groups excluding carboxylic acids is 2. The summed E-state index contributed by atoms with van der Waals surface area (Å²) in [7, 11) is 3.37. The maximum absolute atomic E-state index is 11.8. The van der Waals surface area contributed by atoms with Crippen LogP contribution in [0.25, 0.3) is 0 Å². The van der Waals surface area contributed by atoms with Gasteiger partial charge in [-0.15, -0.1) is 0 Å². The van der Waals surface area contributed by atoms with Gasteiger partial charge in [0, 0.05) is 26.1 Å². The van der Waals surface area contributed by atoms with Crippen LogP contribution >= 0.6 is 0 Å². The first-order valence-corrected chi connectivity index (χ1v) is 7.32. The zero-order valence-electron chi connectivity index (χ0n) is 14.2. The maximum atomic E-state index is 11.8. The third-order valence-corrected chi connectivity index (χ3v) is 2.89. The minimum Gasteiger partial charge on any atom is -0.444 e. The van der Waals surface area contributed by atoms with Gasteiger partial charge >= 0.3 is 6.09 Å². The Bertz CT molecular complexity index is 595. The van der Waals surface area contributed by atoms with Crippen molar-refractivity contribution < 1.29 is 14.3 Å². The van der Waals surface area contributed by atoms with E-state index in [1.807, 2.05) is 6.07 Å². The molecule has 124 valence electrons. The van der Waals surface area contributed by atoms with Crippen LogP contribution in [0.5, 0.6) is 0 Å². The van der Waals surface area contributed by atoms with Gasteiger partial charge in [-0.05, 0) is 38.5 Å². The number of alkyl carbamates (subject to hydrolysis) is 1. The van der Waals surface area contributed by atoms with Crippen LogP contribution in [0, 0.1) is 11.3 Å². The van der Waals surface area contributed by atoms with E-state index in [0.29, 0.717) is 12.0 Å². The molecule has 0 fully saturated rings. The molecule has 6 heteroatoms. The van der Waals surface area contributed by atoms with E-state index in [9.17, 15) is 9.59 Å². The van der Waals surface area contributed by atoms with Crippen LogP contribution in [-0.2, 0) is 11.2 Å². The van der Waals surface area contributed by atoms with E-state index in [1.54, 1.807) is 59.1 Å². The summed E-state index contributed by atoms with van der Waals surface area (Å²) in [6, 6.07) is 8.31. The van der Waals surface area contributed by atoms with E-state index in [2.05, 4.69) is 5.32 Å². The topological polar surface area (TPSA) is 82.4 Å². The summed E-state index contributed by atoms with van der Waals surface area (Å²) >= 11 is 0. The number of benzene rings is 1. The normalized spacial score (nSPS) is 12.0. The SMILES string of the molecule is CN(C)C(=O)c1ccc(CC(C#N)NC(=O)OC(C)(C)C)cc1. The molecule has 0 heterocycles. The maximum Gasteiger partial charge on any atom is 0.408 e. The standard InChI is InChI=1S/C17H23N3O3/c1-17(2,3)23-16(22)19-14(11-18)10-12-6-8-13(9-7-12)15(21)20(4)5/h6-9,14H,10H2,1-5H3,(H,19,22). The summed E-state index contributed by atoms with van der Waals surface area (Å²) in [5, 5.41) is 11.7. The van der Waals surface area contributed by atoms with Crippen molar-refractivity contribution in [1.29, 1.82) is 5.26 Å². The Morgan fingerprint density at radius 3 is 2.26 bits per heavy atom. The number of amides is 2. The highest BCUT2D eigenvalue weighted by Crippen LogP contribution is 2.10. The smallest absolute Gasteiger partial charge is 0.408 e. The molecule has 1 rings (SSSR count). The van der Waals surface area contributed by atoms with Crippen LogP contribution < -0.4 is 5.32 Å². The highest BCUT2D eigenvalue weighted by Gasteiger charge is 2.19. The van der Waals surface area contributed by atoms with Crippen molar-refractivity contribution in [2.45, 2.75) is 38.8 Å². The van der Waals surface area contributed by atoms with Crippen LogP contribution in [0.2, 0.25) is 0 Å². The molecular weight excluding hydrogens is 294 g/mol. The van der Waals surface area contributed by atoms with Gasteiger partial charge in [0.2, 0.25) is 0 Å². The second-order valence-corrected chi connectivity index (χ2v) is 6.43. The van der Waals surface area contributed by atoms with Gasteiger partial charge in [0.05, 0.1) is 6.07 Å². The summed E-state index contributed by atoms with van der Waals surface area (Å²) in [5.41, 5.74) is 0.813. The zero-order chi connectivity index (χ0) is 17.6. The van der Waals surface area contributed by atoms with Crippen molar-refractivity contribution >= 4 is 12.0 Å². The lowest BCUT2D eigenvalue weighted by molar-refractivity contribution is 0.0515. The van der Waals surface area contributed by atoms with Crippen molar-refractivity contribution in [3.05, 3.63) is 35.4 Å². The molecule has 0 aromatic heterocycles. The summed E-state index contributed by atoms with van der Waals surface area (Å²) in [4.78, 5) is 25.0. The first kappa shape index (κ1) is 18.5. The lowest BCUT2D eigenvalue weighted by atomic mass is 10.0. The number of rotatable bonds is 4. The molecule has 1 N–H and O–H groups in total. The van der Waals surface area contributed by atoms with Gasteiger partial charge in [0.1, 0.15) is 11.6 Å². The van der Waals surface area contributed by atoms with Gasteiger partial charge in [0.15, 0.2) is 0 Å². The molecule has 6 nitrogen and oxygen atoms in total. The number of carbonyl (C=O) groups is 2. The fourth-order valence-electron chi connectivity index (χ4n) is 1.86. The molecule has 0 aliphatic heterocycles. The highest BCUT2D eigenvalue weighted by molar-refractivity contribution is 5.93. The molecule has 0 spiro atoms. The lowest BCUT2D eigenvalue weighted by Gasteiger charge is -2.21. The quantitative estimate of drug-likeness (QED) is 0.924. The highest BCUT2D eigenvalue weighted by atomic mass is 16.6. The van der Waals surface area contributed by atoms with Crippen molar-refractivity contribution in [1.82, 2.24) is 10.2 Å². The van der Waals surface area contributed by atoms with Crippen molar-refractivity contribution in [2.24, 2.45) is 0 Å². The Kier molecular flexibility index (Phi) is 6.14. The third kappa shape index (κ3) is 6.39. The average molecular weight is 317 g/mol. The molecule has 0 aliphatic rings. The molecule has 0 saturated heterocycles. The van der Waals surface area contributed by atoms with Gasteiger partial charge < -0.3 is 15.0 Å². The predicted molar refractivity (Wildman–Crippen MR) is 86.9 cm³/mol. The molecule has 0 radical (unpaired) electrons. The molecular formula is C17H23N3O3. The van der Waals surface area contributed by atoms with Crippen LogP contribution in [0.3, 0.4) is 0 Å². The van der Waals surface area contributed by atoms with Gasteiger partial charge in [-0.2, -0.15) is 5.26 Å². The molecule has 0 bridgehead atoms. The lowest BCUT2D eigenvalue weighted by Crippen LogP contribution is -2.39. The monoisotopic (exact) mass is 317 g/mol. The number of ether oxygens (including phenoxy) is 1. The van der Waals surface area contributed by atoms with Crippen molar-refractivity contribution in [3.63, 3.8) is 0 Å². The van der Waals surface area contributed by atoms with Crippen LogP contribution in [0.1, 0.15) is 36.7 Å². The largest absolute Gasteiger partial charge is 0.444 e. The van der Waals surface area contributed by atoms with E-state index in [-0.39, 0.29) is 5.91 Å². The van der Waals surface area contributed by atoms with E-state index < -0.39 is 17.7 Å². The first-order valence-electron chi connectivity index (χ1n) is 7.32. The fraction of sp³-hybridized carbons (Fsp3) is 0.471. The Labute approximate surface area is 137 Å². The van der Waals surface area contributed by atoms with Crippen molar-refractivity contribution in [3.8, 4) is 6.07 Å². The Morgan fingerprint density at radius 2 is 1.83 bits per heavy atom. The number of hydrogen-bond acceptors (Lipinski definition) is 4. The fourth-order valence-corrected chi connectivity index (χ4v) is 1.86. The molecule has 2 amide bonds. The minimum atomic E-state index is -0.694. The summed E-state index contributed by atoms with van der Waals surface area (Å²) in [5.74, 6) is -0.0831. The van der Waals surface area contributed by atoms with Crippen LogP contribution in [-0.4, -0.2) is 42.6 Å². The third-order valence-electron chi connectivity index (χ3n) is 2.89.